The number of anilines is 1. The number of nitrogens with zero attached hydrogens (tertiary/aromatic N) is 2. The van der Waals surface area contributed by atoms with Crippen LogP contribution in [0.4, 0.5) is 5.69 Å². The minimum Gasteiger partial charge on any atom is -0.482 e. The lowest BCUT2D eigenvalue weighted by Gasteiger charge is -2.22. The summed E-state index contributed by atoms with van der Waals surface area (Å²) in [4.78, 5) is 23.6. The summed E-state index contributed by atoms with van der Waals surface area (Å²) in [6, 6.07) is 20.6. The number of benzene rings is 3. The van der Waals surface area contributed by atoms with Gasteiger partial charge in [-0.2, -0.15) is 5.10 Å². The van der Waals surface area contributed by atoms with E-state index in [1.54, 1.807) is 48.5 Å². The van der Waals surface area contributed by atoms with Crippen LogP contribution in [0.1, 0.15) is 27.0 Å². The molecule has 0 radical (unpaired) electrons. The van der Waals surface area contributed by atoms with Crippen molar-refractivity contribution in [3.8, 4) is 5.75 Å². The molecule has 3 aromatic carbocycles. The van der Waals surface area contributed by atoms with Crippen molar-refractivity contribution in [2.75, 3.05) is 24.3 Å². The fourth-order valence-corrected chi connectivity index (χ4v) is 4.01. The van der Waals surface area contributed by atoms with Crippen molar-refractivity contribution in [1.82, 2.24) is 5.43 Å². The molecule has 36 heavy (non-hydrogen) atoms. The number of ether oxygens (including phenoxy) is 2. The molecule has 9 nitrogen and oxygen atoms in total. The summed E-state index contributed by atoms with van der Waals surface area (Å²) in [7, 11) is -2.26. The molecule has 0 aliphatic heterocycles. The number of esters is 1. The van der Waals surface area contributed by atoms with Crippen molar-refractivity contribution in [2.24, 2.45) is 5.10 Å². The van der Waals surface area contributed by atoms with Crippen LogP contribution >= 0.6 is 0 Å². The van der Waals surface area contributed by atoms with Crippen molar-refractivity contribution in [3.63, 3.8) is 0 Å². The molecule has 0 spiro atoms. The maximum Gasteiger partial charge on any atom is 0.343 e. The van der Waals surface area contributed by atoms with Crippen molar-refractivity contribution in [1.29, 1.82) is 0 Å². The molecule has 0 atom stereocenters. The first-order valence-electron chi connectivity index (χ1n) is 10.9. The lowest BCUT2D eigenvalue weighted by atomic mass is 10.1. The Kier molecular flexibility index (Phi) is 8.80. The van der Waals surface area contributed by atoms with E-state index >= 15 is 0 Å². The molecule has 0 saturated heterocycles. The quantitative estimate of drug-likeness (QED) is 0.255. The van der Waals surface area contributed by atoms with Gasteiger partial charge in [-0.1, -0.05) is 29.8 Å². The molecule has 0 bridgehead atoms. The van der Waals surface area contributed by atoms with E-state index in [4.69, 9.17) is 4.74 Å². The number of carbonyl (C=O) groups is 2. The monoisotopic (exact) mass is 509 g/mol. The Morgan fingerprint density at radius 2 is 1.61 bits per heavy atom. The first kappa shape index (κ1) is 26.4. The highest BCUT2D eigenvalue weighted by molar-refractivity contribution is 7.92. The number of methoxy groups -OCH3 is 1. The second-order valence-electron chi connectivity index (χ2n) is 7.94. The molecule has 1 N–H and O–H groups in total. The fourth-order valence-electron chi connectivity index (χ4n) is 3.12. The summed E-state index contributed by atoms with van der Waals surface area (Å²) in [5.41, 5.74) is 5.86. The van der Waals surface area contributed by atoms with Gasteiger partial charge in [0.15, 0.2) is 6.61 Å². The van der Waals surface area contributed by atoms with E-state index in [0.717, 1.165) is 17.4 Å². The van der Waals surface area contributed by atoms with Crippen LogP contribution in [0.3, 0.4) is 0 Å². The summed E-state index contributed by atoms with van der Waals surface area (Å²) in [6.07, 6.45) is 2.61. The SMILES string of the molecule is COC(=O)COc1ccc(/C=N\NC(=O)c2ccc(N(Cc3ccc(C)cc3)S(C)(=O)=O)cc2)cc1. The molecule has 0 fully saturated rings. The molecular formula is C26H27N3O6S. The van der Waals surface area contributed by atoms with E-state index in [1.807, 2.05) is 31.2 Å². The summed E-state index contributed by atoms with van der Waals surface area (Å²) in [6.45, 7) is 1.96. The van der Waals surface area contributed by atoms with Crippen molar-refractivity contribution in [2.45, 2.75) is 13.5 Å². The molecule has 0 saturated carbocycles. The maximum atomic E-state index is 12.4. The van der Waals surface area contributed by atoms with Crippen LogP contribution < -0.4 is 14.5 Å². The first-order valence-corrected chi connectivity index (χ1v) is 12.8. The lowest BCUT2D eigenvalue weighted by Crippen LogP contribution is -2.29. The second kappa shape index (κ2) is 12.0. The Balaban J connectivity index is 1.61. The zero-order chi connectivity index (χ0) is 26.1. The van der Waals surface area contributed by atoms with Gasteiger partial charge in [0, 0.05) is 5.56 Å². The van der Waals surface area contributed by atoms with Crippen LogP contribution in [0.5, 0.6) is 5.75 Å². The Labute approximate surface area is 210 Å². The van der Waals surface area contributed by atoms with Gasteiger partial charge in [0.2, 0.25) is 10.0 Å². The third-order valence-electron chi connectivity index (χ3n) is 5.11. The van der Waals surface area contributed by atoms with E-state index in [2.05, 4.69) is 15.3 Å². The average molecular weight is 510 g/mol. The molecular weight excluding hydrogens is 482 g/mol. The van der Waals surface area contributed by atoms with Gasteiger partial charge in [0.25, 0.3) is 5.91 Å². The van der Waals surface area contributed by atoms with Crippen molar-refractivity contribution < 1.29 is 27.5 Å². The third kappa shape index (κ3) is 7.67. The van der Waals surface area contributed by atoms with Crippen LogP contribution in [0, 0.1) is 6.92 Å². The Morgan fingerprint density at radius 1 is 0.972 bits per heavy atom. The summed E-state index contributed by atoms with van der Waals surface area (Å²) >= 11 is 0. The Hall–Kier alpha value is -4.18. The molecule has 1 amide bonds. The number of hydrazone groups is 1. The molecule has 0 unspecified atom stereocenters. The van der Waals surface area contributed by atoms with E-state index in [1.165, 1.54) is 17.6 Å². The highest BCUT2D eigenvalue weighted by Gasteiger charge is 2.18. The summed E-state index contributed by atoms with van der Waals surface area (Å²) < 4.78 is 35.9. The van der Waals surface area contributed by atoms with Gasteiger partial charge in [0.1, 0.15) is 5.75 Å². The largest absolute Gasteiger partial charge is 0.482 e. The number of aryl methyl sites for hydroxylation is 1. The number of rotatable bonds is 10. The number of hydrogen-bond donors (Lipinski definition) is 1. The number of carbonyl (C=O) groups excluding carboxylic acids is 2. The van der Waals surface area contributed by atoms with Gasteiger partial charge in [-0.3, -0.25) is 9.10 Å². The van der Waals surface area contributed by atoms with Crippen LogP contribution in [0.2, 0.25) is 0 Å². The molecule has 0 aliphatic rings. The zero-order valence-electron chi connectivity index (χ0n) is 20.2. The zero-order valence-corrected chi connectivity index (χ0v) is 21.0. The lowest BCUT2D eigenvalue weighted by molar-refractivity contribution is -0.142. The highest BCUT2D eigenvalue weighted by Crippen LogP contribution is 2.21. The minimum absolute atomic E-state index is 0.182. The predicted octanol–water partition coefficient (Wildman–Crippen LogP) is 3.28. The first-order chi connectivity index (χ1) is 17.2. The highest BCUT2D eigenvalue weighted by atomic mass is 32.2. The fraction of sp³-hybridized carbons (Fsp3) is 0.192. The van der Waals surface area contributed by atoms with Crippen LogP contribution in [0.15, 0.2) is 77.9 Å². The van der Waals surface area contributed by atoms with Gasteiger partial charge >= 0.3 is 5.97 Å². The normalized spacial score (nSPS) is 11.2. The summed E-state index contributed by atoms with van der Waals surface area (Å²) in [5.74, 6) is -0.431. The molecule has 3 rings (SSSR count). The molecule has 3 aromatic rings. The van der Waals surface area contributed by atoms with Crippen LogP contribution in [0.25, 0.3) is 0 Å². The van der Waals surface area contributed by atoms with Crippen LogP contribution in [-0.2, 0) is 26.1 Å². The maximum absolute atomic E-state index is 12.4. The number of hydrogen-bond acceptors (Lipinski definition) is 7. The minimum atomic E-state index is -3.54. The van der Waals surface area contributed by atoms with Gasteiger partial charge < -0.3 is 9.47 Å². The third-order valence-corrected chi connectivity index (χ3v) is 6.25. The topological polar surface area (TPSA) is 114 Å². The smallest absolute Gasteiger partial charge is 0.343 e. The molecule has 0 heterocycles. The molecule has 0 aliphatic carbocycles. The average Bonchev–Trinajstić information content (AvgIpc) is 2.87. The van der Waals surface area contributed by atoms with Gasteiger partial charge in [-0.15, -0.1) is 0 Å². The van der Waals surface area contributed by atoms with Crippen molar-refractivity contribution in [3.05, 3.63) is 95.1 Å². The van der Waals surface area contributed by atoms with Crippen LogP contribution in [-0.4, -0.2) is 46.5 Å². The number of amides is 1. The Bertz CT molecular complexity index is 1320. The van der Waals surface area contributed by atoms with E-state index in [0.29, 0.717) is 22.6 Å². The number of nitrogens with one attached hydrogen (secondary N) is 1. The van der Waals surface area contributed by atoms with E-state index < -0.39 is 21.9 Å². The standard InChI is InChI=1S/C26H27N3O6S/c1-19-4-6-21(7-5-19)17-29(36(3,32)33)23-12-10-22(11-13-23)26(31)28-27-16-20-8-14-24(15-9-20)35-18-25(30)34-2/h4-16H,17-18H2,1-3H3,(H,28,31)/b27-16-. The van der Waals surface area contributed by atoms with Gasteiger partial charge in [-0.25, -0.2) is 18.6 Å². The summed E-state index contributed by atoms with van der Waals surface area (Å²) in [5, 5.41) is 3.95. The van der Waals surface area contributed by atoms with Gasteiger partial charge in [-0.05, 0) is 66.6 Å². The molecule has 0 aromatic heterocycles. The van der Waals surface area contributed by atoms with Crippen molar-refractivity contribution >= 4 is 33.8 Å². The van der Waals surface area contributed by atoms with E-state index in [-0.39, 0.29) is 13.2 Å². The van der Waals surface area contributed by atoms with E-state index in [9.17, 15) is 18.0 Å². The molecule has 188 valence electrons. The predicted molar refractivity (Wildman–Crippen MR) is 138 cm³/mol. The number of sulfonamides is 1. The Morgan fingerprint density at radius 3 is 2.19 bits per heavy atom. The molecule has 10 heteroatoms. The second-order valence-corrected chi connectivity index (χ2v) is 9.84. The van der Waals surface area contributed by atoms with Gasteiger partial charge in [0.05, 0.1) is 31.8 Å².